The largest absolute Gasteiger partial charge is 0.336 e. The fraction of sp³-hybridized carbons (Fsp3) is 0.111. The van der Waals surface area contributed by atoms with Gasteiger partial charge in [-0.2, -0.15) is 0 Å². The third-order valence-electron chi connectivity index (χ3n) is 3.79. The summed E-state index contributed by atoms with van der Waals surface area (Å²) in [6.45, 7) is 0. The molecule has 2 N–H and O–H groups in total. The van der Waals surface area contributed by atoms with Gasteiger partial charge in [-0.25, -0.2) is 22.9 Å². The minimum Gasteiger partial charge on any atom is -0.336 e. The molecule has 2 amide bonds. The molecule has 1 heterocycles. The van der Waals surface area contributed by atoms with Crippen LogP contribution in [-0.4, -0.2) is 15.6 Å². The number of amides is 2. The molecule has 3 rings (SSSR count). The number of halogens is 3. The van der Waals surface area contributed by atoms with Crippen molar-refractivity contribution in [3.05, 3.63) is 83.7 Å². The summed E-state index contributed by atoms with van der Waals surface area (Å²) < 4.78 is 42.6. The first-order chi connectivity index (χ1) is 12.5. The number of carbonyl (C=O) groups excluding carboxylic acids is 1. The summed E-state index contributed by atoms with van der Waals surface area (Å²) in [5.74, 6) is -1.80. The van der Waals surface area contributed by atoms with Crippen LogP contribution in [0.2, 0.25) is 0 Å². The lowest BCUT2D eigenvalue weighted by atomic mass is 10.1. The summed E-state index contributed by atoms with van der Waals surface area (Å²) in [5.41, 5.74) is 0.00699. The van der Waals surface area contributed by atoms with E-state index in [1.54, 1.807) is 23.9 Å². The number of hydrogen-bond donors (Lipinski definition) is 2. The molecule has 3 aromatic rings. The molecule has 0 bridgehead atoms. The molecule has 134 valence electrons. The maximum absolute atomic E-state index is 14.2. The molecule has 0 spiro atoms. The third-order valence-corrected chi connectivity index (χ3v) is 3.79. The second kappa shape index (κ2) is 7.30. The fourth-order valence-corrected chi connectivity index (χ4v) is 2.53. The van der Waals surface area contributed by atoms with Crippen molar-refractivity contribution in [1.29, 1.82) is 0 Å². The number of hydrogen-bond acceptors (Lipinski definition) is 2. The van der Waals surface area contributed by atoms with Crippen LogP contribution in [0.1, 0.15) is 17.4 Å². The molecule has 1 aromatic heterocycles. The Kier molecular flexibility index (Phi) is 4.92. The number of urea groups is 1. The van der Waals surface area contributed by atoms with Crippen molar-refractivity contribution >= 4 is 11.7 Å². The Bertz CT molecular complexity index is 942. The number of nitrogens with one attached hydrogen (secondary N) is 2. The number of rotatable bonds is 4. The Labute approximate surface area is 147 Å². The van der Waals surface area contributed by atoms with Crippen molar-refractivity contribution < 1.29 is 18.0 Å². The molecule has 0 aliphatic carbocycles. The van der Waals surface area contributed by atoms with Gasteiger partial charge < -0.3 is 15.2 Å². The van der Waals surface area contributed by atoms with Gasteiger partial charge in [-0.05, 0) is 18.2 Å². The summed E-state index contributed by atoms with van der Waals surface area (Å²) in [6, 6.07) is 7.04. The van der Waals surface area contributed by atoms with Crippen molar-refractivity contribution in [2.24, 2.45) is 7.05 Å². The zero-order valence-electron chi connectivity index (χ0n) is 13.7. The number of anilines is 1. The standard InChI is InChI=1S/C18H15F3N4O/c1-25-9-8-22-17(25)16(12-4-2-3-5-13(12)20)24-18(26)23-15-7-6-11(19)10-14(15)21/h2-10,16H,1H3,(H2,23,24,26). The van der Waals surface area contributed by atoms with Crippen molar-refractivity contribution in [3.63, 3.8) is 0 Å². The minimum absolute atomic E-state index is 0.198. The number of imidazole rings is 1. The van der Waals surface area contributed by atoms with Crippen LogP contribution in [0.3, 0.4) is 0 Å². The van der Waals surface area contributed by atoms with E-state index in [0.717, 1.165) is 12.1 Å². The molecular formula is C18H15F3N4O. The van der Waals surface area contributed by atoms with Gasteiger partial charge in [-0.3, -0.25) is 0 Å². The molecule has 8 heteroatoms. The van der Waals surface area contributed by atoms with E-state index < -0.39 is 29.5 Å². The van der Waals surface area contributed by atoms with Crippen molar-refractivity contribution in [1.82, 2.24) is 14.9 Å². The molecule has 0 saturated heterocycles. The summed E-state index contributed by atoms with van der Waals surface area (Å²) in [6.07, 6.45) is 3.17. The third kappa shape index (κ3) is 3.69. The number of aromatic nitrogens is 2. The summed E-state index contributed by atoms with van der Waals surface area (Å²) in [7, 11) is 1.70. The van der Waals surface area contributed by atoms with Gasteiger partial charge in [-0.15, -0.1) is 0 Å². The van der Waals surface area contributed by atoms with Gasteiger partial charge in [0.1, 0.15) is 29.3 Å². The monoisotopic (exact) mass is 360 g/mol. The highest BCUT2D eigenvalue weighted by atomic mass is 19.1. The van der Waals surface area contributed by atoms with Crippen LogP contribution >= 0.6 is 0 Å². The smallest absolute Gasteiger partial charge is 0.320 e. The van der Waals surface area contributed by atoms with Gasteiger partial charge in [0, 0.05) is 31.1 Å². The molecule has 0 radical (unpaired) electrons. The van der Waals surface area contributed by atoms with Crippen molar-refractivity contribution in [3.8, 4) is 0 Å². The normalized spacial score (nSPS) is 11.8. The van der Waals surface area contributed by atoms with Crippen LogP contribution in [0.4, 0.5) is 23.7 Å². The fourth-order valence-electron chi connectivity index (χ4n) is 2.53. The van der Waals surface area contributed by atoms with E-state index in [4.69, 9.17) is 0 Å². The number of aryl methyl sites for hydroxylation is 1. The van der Waals surface area contributed by atoms with Gasteiger partial charge in [-0.1, -0.05) is 18.2 Å². The SMILES string of the molecule is Cn1ccnc1C(NC(=O)Nc1ccc(F)cc1F)c1ccccc1F. The number of carbonyl (C=O) groups is 1. The van der Waals surface area contributed by atoms with E-state index in [1.807, 2.05) is 0 Å². The Morgan fingerprint density at radius 3 is 2.54 bits per heavy atom. The maximum atomic E-state index is 14.2. The first-order valence-corrected chi connectivity index (χ1v) is 7.70. The van der Waals surface area contributed by atoms with Crippen LogP contribution in [-0.2, 0) is 7.05 Å². The second-order valence-corrected chi connectivity index (χ2v) is 5.57. The summed E-state index contributed by atoms with van der Waals surface area (Å²) >= 11 is 0. The minimum atomic E-state index is -0.917. The average molecular weight is 360 g/mol. The molecule has 5 nitrogen and oxygen atoms in total. The predicted octanol–water partition coefficient (Wildman–Crippen LogP) is 3.75. The van der Waals surface area contributed by atoms with E-state index in [0.29, 0.717) is 11.9 Å². The molecule has 0 aliphatic heterocycles. The molecule has 1 unspecified atom stereocenters. The van der Waals surface area contributed by atoms with Gasteiger partial charge >= 0.3 is 6.03 Å². The lowest BCUT2D eigenvalue weighted by molar-refractivity contribution is 0.249. The maximum Gasteiger partial charge on any atom is 0.320 e. The molecule has 2 aromatic carbocycles. The van der Waals surface area contributed by atoms with Crippen molar-refractivity contribution in [2.45, 2.75) is 6.04 Å². The van der Waals surface area contributed by atoms with E-state index in [9.17, 15) is 18.0 Å². The Balaban J connectivity index is 1.87. The first kappa shape index (κ1) is 17.5. The lowest BCUT2D eigenvalue weighted by Gasteiger charge is -2.20. The van der Waals surface area contributed by atoms with E-state index >= 15 is 0 Å². The van der Waals surface area contributed by atoms with Gasteiger partial charge in [0.25, 0.3) is 0 Å². The van der Waals surface area contributed by atoms with Crippen molar-refractivity contribution in [2.75, 3.05) is 5.32 Å². The molecule has 1 atom stereocenters. The van der Waals surface area contributed by atoms with E-state index in [-0.39, 0.29) is 11.3 Å². The number of benzene rings is 2. The van der Waals surface area contributed by atoms with Crippen LogP contribution < -0.4 is 10.6 Å². The van der Waals surface area contributed by atoms with Crippen LogP contribution in [0.15, 0.2) is 54.9 Å². The highest BCUT2D eigenvalue weighted by molar-refractivity contribution is 5.89. The zero-order chi connectivity index (χ0) is 18.7. The second-order valence-electron chi connectivity index (χ2n) is 5.57. The summed E-state index contributed by atoms with van der Waals surface area (Å²) in [5, 5.41) is 4.86. The molecule has 0 saturated carbocycles. The molecule has 0 fully saturated rings. The van der Waals surface area contributed by atoms with E-state index in [1.165, 1.54) is 24.4 Å². The summed E-state index contributed by atoms with van der Waals surface area (Å²) in [4.78, 5) is 16.5. The van der Waals surface area contributed by atoms with Gasteiger partial charge in [0.2, 0.25) is 0 Å². The Morgan fingerprint density at radius 2 is 1.88 bits per heavy atom. The lowest BCUT2D eigenvalue weighted by Crippen LogP contribution is -2.35. The topological polar surface area (TPSA) is 59.0 Å². The average Bonchev–Trinajstić information content (AvgIpc) is 3.02. The first-order valence-electron chi connectivity index (χ1n) is 7.70. The zero-order valence-corrected chi connectivity index (χ0v) is 13.7. The quantitative estimate of drug-likeness (QED) is 0.745. The Morgan fingerprint density at radius 1 is 1.12 bits per heavy atom. The molecule has 0 aliphatic rings. The molecule has 26 heavy (non-hydrogen) atoms. The molecular weight excluding hydrogens is 345 g/mol. The number of nitrogens with zero attached hydrogens (tertiary/aromatic N) is 2. The predicted molar refractivity (Wildman–Crippen MR) is 90.0 cm³/mol. The Hall–Kier alpha value is -3.29. The highest BCUT2D eigenvalue weighted by Crippen LogP contribution is 2.23. The van der Waals surface area contributed by atoms with Gasteiger partial charge in [0.15, 0.2) is 0 Å². The van der Waals surface area contributed by atoms with Gasteiger partial charge in [0.05, 0.1) is 5.69 Å². The van der Waals surface area contributed by atoms with Crippen LogP contribution in [0.25, 0.3) is 0 Å². The van der Waals surface area contributed by atoms with E-state index in [2.05, 4.69) is 15.6 Å². The van der Waals surface area contributed by atoms with Crippen LogP contribution in [0.5, 0.6) is 0 Å². The highest BCUT2D eigenvalue weighted by Gasteiger charge is 2.23. The van der Waals surface area contributed by atoms with Crippen LogP contribution in [0, 0.1) is 17.5 Å².